The van der Waals surface area contributed by atoms with Crippen molar-refractivity contribution in [2.24, 2.45) is 4.99 Å². The molecule has 5 nitrogen and oxygen atoms in total. The molecule has 0 fully saturated rings. The highest BCUT2D eigenvalue weighted by Crippen LogP contribution is 2.56. The molecule has 152 valence electrons. The highest BCUT2D eigenvalue weighted by Gasteiger charge is 2.85. The minimum atomic E-state index is -6.76. The number of hydrogen-bond acceptors (Lipinski definition) is 4. The summed E-state index contributed by atoms with van der Waals surface area (Å²) in [6.07, 6.45) is -27.1. The van der Waals surface area contributed by atoms with Gasteiger partial charge in [-0.15, -0.1) is 0 Å². The van der Waals surface area contributed by atoms with Gasteiger partial charge in [0.1, 0.15) is 0 Å². The first-order valence-electron chi connectivity index (χ1n) is 6.19. The molecule has 1 heterocycles. The van der Waals surface area contributed by atoms with Crippen LogP contribution in [0, 0.1) is 0 Å². The number of halogens is 11. The van der Waals surface area contributed by atoms with E-state index in [9.17, 15) is 53.1 Å². The average Bonchev–Trinajstić information content (AvgIpc) is 2.75. The topological polar surface area (TPSA) is 59.9 Å². The Hall–Kier alpha value is -1.87. The first kappa shape index (κ1) is 22.2. The van der Waals surface area contributed by atoms with Crippen LogP contribution in [0.25, 0.3) is 0 Å². The molecule has 26 heavy (non-hydrogen) atoms. The van der Waals surface area contributed by atoms with Crippen molar-refractivity contribution in [1.29, 1.82) is 0 Å². The number of rotatable bonds is 2. The van der Waals surface area contributed by atoms with Crippen molar-refractivity contribution in [2.75, 3.05) is 6.61 Å². The van der Waals surface area contributed by atoms with Crippen LogP contribution in [0.4, 0.5) is 53.1 Å². The van der Waals surface area contributed by atoms with E-state index in [0.29, 0.717) is 5.32 Å². The van der Waals surface area contributed by atoms with Gasteiger partial charge in [-0.05, 0) is 6.92 Å². The highest BCUT2D eigenvalue weighted by molar-refractivity contribution is 6.03. The number of ether oxygens (including phenoxy) is 2. The van der Waals surface area contributed by atoms with Gasteiger partial charge < -0.3 is 9.47 Å². The zero-order chi connectivity index (χ0) is 20.8. The number of carbonyl (C=O) groups excluding carboxylic acids is 1. The van der Waals surface area contributed by atoms with Crippen molar-refractivity contribution < 1.29 is 62.6 Å². The molecule has 0 aromatic rings. The fraction of sp³-hybridized carbons (Fsp3) is 0.800. The standard InChI is InChI=1S/C10H7F11N2O3/c1-2-25-5(24)22-4-6(8(13,14)15,9(16,17)18)26-7(23-4,3(11)12)10(19,20)21/h3H,2H2,1H3,(H,22,23,24). The van der Waals surface area contributed by atoms with Crippen molar-refractivity contribution >= 4 is 11.9 Å². The second-order valence-electron chi connectivity index (χ2n) is 4.58. The second kappa shape index (κ2) is 6.38. The lowest BCUT2D eigenvalue weighted by Gasteiger charge is -2.37. The molecule has 1 N–H and O–H groups in total. The molecule has 1 aliphatic rings. The molecule has 1 aliphatic heterocycles. The maximum atomic E-state index is 13.1. The summed E-state index contributed by atoms with van der Waals surface area (Å²) in [6, 6.07) is 0. The van der Waals surface area contributed by atoms with Crippen molar-refractivity contribution in [2.45, 2.75) is 43.2 Å². The van der Waals surface area contributed by atoms with Crippen LogP contribution in [-0.4, -0.2) is 54.8 Å². The molecule has 0 spiro atoms. The number of amides is 1. The van der Waals surface area contributed by atoms with Crippen LogP contribution in [0.15, 0.2) is 4.99 Å². The van der Waals surface area contributed by atoms with E-state index in [1.54, 1.807) is 4.99 Å². The van der Waals surface area contributed by atoms with E-state index in [-0.39, 0.29) is 0 Å². The Balaban J connectivity index is 3.74. The van der Waals surface area contributed by atoms with Crippen LogP contribution >= 0.6 is 0 Å². The van der Waals surface area contributed by atoms with Gasteiger partial charge in [0.25, 0.3) is 6.43 Å². The van der Waals surface area contributed by atoms with E-state index >= 15 is 0 Å². The van der Waals surface area contributed by atoms with Gasteiger partial charge in [-0.25, -0.2) is 18.6 Å². The number of alkyl carbamates (subject to hydrolysis) is 1. The first-order chi connectivity index (χ1) is 11.5. The van der Waals surface area contributed by atoms with Gasteiger partial charge in [-0.3, -0.25) is 5.32 Å². The largest absolute Gasteiger partial charge is 0.450 e. The maximum absolute atomic E-state index is 13.1. The predicted molar refractivity (Wildman–Crippen MR) is 58.3 cm³/mol. The van der Waals surface area contributed by atoms with Crippen LogP contribution in [0.3, 0.4) is 0 Å². The molecule has 0 bridgehead atoms. The lowest BCUT2D eigenvalue weighted by Crippen LogP contribution is -2.68. The van der Waals surface area contributed by atoms with Crippen molar-refractivity contribution in [3.05, 3.63) is 0 Å². The Morgan fingerprint density at radius 3 is 1.85 bits per heavy atom. The number of carbonyl (C=O) groups is 1. The van der Waals surface area contributed by atoms with Crippen LogP contribution in [0.5, 0.6) is 0 Å². The summed E-state index contributed by atoms with van der Waals surface area (Å²) in [4.78, 5) is 12.9. The molecule has 16 heteroatoms. The Kier molecular flexibility index (Phi) is 5.44. The van der Waals surface area contributed by atoms with E-state index < -0.39 is 54.8 Å². The number of nitrogens with zero attached hydrogens (tertiary/aromatic N) is 1. The predicted octanol–water partition coefficient (Wildman–Crippen LogP) is 3.55. The summed E-state index contributed by atoms with van der Waals surface area (Å²) in [5.41, 5.74) is -11.5. The third-order valence-corrected chi connectivity index (χ3v) is 2.92. The molecule has 1 unspecified atom stereocenters. The average molecular weight is 412 g/mol. The number of amidine groups is 1. The number of alkyl halides is 11. The Morgan fingerprint density at radius 1 is 1.08 bits per heavy atom. The van der Waals surface area contributed by atoms with Crippen LogP contribution in [-0.2, 0) is 9.47 Å². The first-order valence-corrected chi connectivity index (χ1v) is 6.19. The molecule has 1 rings (SSSR count). The highest BCUT2D eigenvalue weighted by atomic mass is 19.4. The van der Waals surface area contributed by atoms with Crippen molar-refractivity contribution in [3.63, 3.8) is 0 Å². The molecular weight excluding hydrogens is 405 g/mol. The van der Waals surface area contributed by atoms with Crippen LogP contribution in [0.2, 0.25) is 0 Å². The molecule has 1 atom stereocenters. The molecule has 0 aliphatic carbocycles. The number of nitrogens with one attached hydrogen (secondary N) is 1. The lowest BCUT2D eigenvalue weighted by atomic mass is 10.0. The molecule has 0 radical (unpaired) electrons. The zero-order valence-corrected chi connectivity index (χ0v) is 12.1. The SMILES string of the molecule is CCOC(=O)NC1=NC(C(F)F)(C(F)(F)F)OC1(C(F)(F)F)C(F)(F)F. The molecule has 0 aromatic carbocycles. The molecule has 1 amide bonds. The molecule has 0 aromatic heterocycles. The molecule has 0 saturated carbocycles. The third kappa shape index (κ3) is 3.25. The van der Waals surface area contributed by atoms with Gasteiger partial charge in [0.05, 0.1) is 6.61 Å². The summed E-state index contributed by atoms with van der Waals surface area (Å²) in [6.45, 7) is 0.427. The van der Waals surface area contributed by atoms with E-state index in [0.717, 1.165) is 6.92 Å². The van der Waals surface area contributed by atoms with E-state index in [1.165, 1.54) is 0 Å². The minimum Gasteiger partial charge on any atom is -0.450 e. The van der Waals surface area contributed by atoms with E-state index in [1.807, 2.05) is 0 Å². The monoisotopic (exact) mass is 412 g/mol. The van der Waals surface area contributed by atoms with Crippen LogP contribution in [0.1, 0.15) is 6.92 Å². The van der Waals surface area contributed by atoms with E-state index in [4.69, 9.17) is 0 Å². The minimum absolute atomic E-state index is 0.621. The molecular formula is C10H7F11N2O3. The number of aliphatic imine (C=N–C) groups is 1. The number of hydrogen-bond donors (Lipinski definition) is 1. The fourth-order valence-electron chi connectivity index (χ4n) is 1.81. The summed E-state index contributed by atoms with van der Waals surface area (Å²) >= 11 is 0. The van der Waals surface area contributed by atoms with Gasteiger partial charge in [0.15, 0.2) is 5.84 Å². The van der Waals surface area contributed by atoms with E-state index in [2.05, 4.69) is 9.47 Å². The normalized spacial score (nSPS) is 23.8. The zero-order valence-electron chi connectivity index (χ0n) is 12.1. The molecule has 0 saturated heterocycles. The second-order valence-corrected chi connectivity index (χ2v) is 4.58. The quantitative estimate of drug-likeness (QED) is 0.706. The van der Waals surface area contributed by atoms with Crippen LogP contribution < -0.4 is 5.32 Å². The van der Waals surface area contributed by atoms with Gasteiger partial charge in [0, 0.05) is 0 Å². The van der Waals surface area contributed by atoms with Gasteiger partial charge in [-0.2, -0.15) is 39.5 Å². The third-order valence-electron chi connectivity index (χ3n) is 2.92. The maximum Gasteiger partial charge on any atom is 0.444 e. The summed E-state index contributed by atoms with van der Waals surface area (Å²) in [5, 5.41) is 0.656. The van der Waals surface area contributed by atoms with Crippen molar-refractivity contribution in [3.8, 4) is 0 Å². The van der Waals surface area contributed by atoms with Gasteiger partial charge in [-0.1, -0.05) is 0 Å². The van der Waals surface area contributed by atoms with Gasteiger partial charge in [0.2, 0.25) is 0 Å². The van der Waals surface area contributed by atoms with Crippen molar-refractivity contribution in [1.82, 2.24) is 5.32 Å². The summed E-state index contributed by atoms with van der Waals surface area (Å²) in [5.74, 6) is -2.88. The fourth-order valence-corrected chi connectivity index (χ4v) is 1.81. The Labute approximate surface area is 136 Å². The Morgan fingerprint density at radius 2 is 1.54 bits per heavy atom. The smallest absolute Gasteiger partial charge is 0.444 e. The Bertz CT molecular complexity index is 566. The summed E-state index contributed by atoms with van der Waals surface area (Å²) in [7, 11) is 0. The van der Waals surface area contributed by atoms with Gasteiger partial charge >= 0.3 is 35.9 Å². The lowest BCUT2D eigenvalue weighted by molar-refractivity contribution is -0.407. The summed E-state index contributed by atoms with van der Waals surface area (Å²) < 4.78 is 149.